The molecule has 13 nitrogen and oxygen atoms in total. The van der Waals surface area contributed by atoms with Crippen molar-refractivity contribution in [3.05, 3.63) is 77.1 Å². The van der Waals surface area contributed by atoms with Gasteiger partial charge in [-0.3, -0.25) is 19.4 Å². The molecule has 0 bridgehead atoms. The van der Waals surface area contributed by atoms with Crippen molar-refractivity contribution in [1.82, 2.24) is 14.7 Å². The van der Waals surface area contributed by atoms with Crippen LogP contribution < -0.4 is 18.5 Å². The Hall–Kier alpha value is -4.28. The number of carbonyl (C=O) groups excluding carboxylic acids is 2. The number of methoxy groups -OCH3 is 3. The molecule has 2 amide bonds. The molecule has 3 aromatic rings. The van der Waals surface area contributed by atoms with Gasteiger partial charge in [0, 0.05) is 57.5 Å². The maximum Gasteiger partial charge on any atom is 0.274 e. The monoisotopic (exact) mass is 712 g/mol. The molecule has 268 valence electrons. The molecular formula is C35H41FN4O9S. The number of rotatable bonds is 10. The average molecular weight is 713 g/mol. The third-order valence-electron chi connectivity index (χ3n) is 9.55. The SMILES string of the molecule is COc1ccc(S(=O)(=O)N2C(=O)C(c3cc(CN4CCOCC4)ccc3OC)(N3C[C@H](O)C[C@H]3C(=O)N(C)C)c3cc(F)ccc32)c(OC)c1. The number of ether oxygens (including phenoxy) is 4. The van der Waals surface area contributed by atoms with Crippen molar-refractivity contribution in [3.63, 3.8) is 0 Å². The van der Waals surface area contributed by atoms with Crippen molar-refractivity contribution in [2.45, 2.75) is 35.5 Å². The number of likely N-dealkylation sites (N-methyl/N-ethyl adjacent to an activating group) is 1. The van der Waals surface area contributed by atoms with Gasteiger partial charge in [0.05, 0.1) is 52.4 Å². The lowest BCUT2D eigenvalue weighted by molar-refractivity contribution is -0.138. The fourth-order valence-corrected chi connectivity index (χ4v) is 8.84. The number of aliphatic hydroxyl groups excluding tert-OH is 1. The highest BCUT2D eigenvalue weighted by Crippen LogP contribution is 2.55. The first-order valence-corrected chi connectivity index (χ1v) is 17.6. The Bertz CT molecular complexity index is 1900. The van der Waals surface area contributed by atoms with Gasteiger partial charge in [0.15, 0.2) is 5.54 Å². The number of likely N-dealkylation sites (tertiary alicyclic amines) is 1. The summed E-state index contributed by atoms with van der Waals surface area (Å²) in [4.78, 5) is 34.1. The first kappa shape index (κ1) is 35.5. The summed E-state index contributed by atoms with van der Waals surface area (Å²) in [6.45, 7) is 2.72. The van der Waals surface area contributed by atoms with Gasteiger partial charge in [0.1, 0.15) is 28.0 Å². The molecule has 15 heteroatoms. The zero-order chi connectivity index (χ0) is 36.0. The van der Waals surface area contributed by atoms with E-state index in [1.165, 1.54) is 55.4 Å². The summed E-state index contributed by atoms with van der Waals surface area (Å²) in [5, 5.41) is 11.1. The van der Waals surface area contributed by atoms with E-state index in [4.69, 9.17) is 18.9 Å². The number of hydrogen-bond donors (Lipinski definition) is 1. The number of carbonyl (C=O) groups is 2. The molecule has 2 saturated heterocycles. The summed E-state index contributed by atoms with van der Waals surface area (Å²) in [7, 11) is 2.46. The van der Waals surface area contributed by atoms with Crippen LogP contribution in [0.25, 0.3) is 0 Å². The molecule has 6 rings (SSSR count). The van der Waals surface area contributed by atoms with Gasteiger partial charge >= 0.3 is 0 Å². The summed E-state index contributed by atoms with van der Waals surface area (Å²) < 4.78 is 67.8. The number of fused-ring (bicyclic) bond motifs is 1. The molecule has 3 aliphatic rings. The minimum absolute atomic E-state index is 0.0222. The number of aliphatic hydroxyl groups is 1. The highest BCUT2D eigenvalue weighted by atomic mass is 32.2. The average Bonchev–Trinajstić information content (AvgIpc) is 3.62. The maximum absolute atomic E-state index is 15.6. The van der Waals surface area contributed by atoms with E-state index in [2.05, 4.69) is 4.90 Å². The molecule has 0 aliphatic carbocycles. The Morgan fingerprint density at radius 3 is 2.36 bits per heavy atom. The van der Waals surface area contributed by atoms with E-state index in [1.54, 1.807) is 26.2 Å². The Kier molecular flexibility index (Phi) is 9.81. The van der Waals surface area contributed by atoms with E-state index >= 15 is 9.18 Å². The Morgan fingerprint density at radius 1 is 0.980 bits per heavy atom. The van der Waals surface area contributed by atoms with Crippen LogP contribution in [0, 0.1) is 5.82 Å². The van der Waals surface area contributed by atoms with Gasteiger partial charge in [-0.15, -0.1) is 0 Å². The number of hydrogen-bond acceptors (Lipinski definition) is 11. The summed E-state index contributed by atoms with van der Waals surface area (Å²) in [6, 6.07) is 11.7. The highest BCUT2D eigenvalue weighted by Gasteiger charge is 2.64. The molecular weight excluding hydrogens is 671 g/mol. The lowest BCUT2D eigenvalue weighted by atomic mass is 9.80. The highest BCUT2D eigenvalue weighted by molar-refractivity contribution is 7.93. The summed E-state index contributed by atoms with van der Waals surface area (Å²) in [6.07, 6.45) is -1.12. The van der Waals surface area contributed by atoms with Crippen LogP contribution in [0.3, 0.4) is 0 Å². The second-order valence-electron chi connectivity index (χ2n) is 12.7. The second-order valence-corrected chi connectivity index (χ2v) is 14.4. The van der Waals surface area contributed by atoms with Gasteiger partial charge in [-0.05, 0) is 54.4 Å². The number of β-amino-alcohol motifs (C(OH)–C–C–N with tert-alkyl or cyclic N) is 1. The molecule has 1 unspecified atom stereocenters. The number of halogens is 1. The largest absolute Gasteiger partial charge is 0.497 e. The van der Waals surface area contributed by atoms with Gasteiger partial charge in [-0.1, -0.05) is 6.07 Å². The third-order valence-corrected chi connectivity index (χ3v) is 11.3. The Morgan fingerprint density at radius 2 is 1.70 bits per heavy atom. The van der Waals surface area contributed by atoms with Crippen molar-refractivity contribution >= 4 is 27.5 Å². The van der Waals surface area contributed by atoms with Crippen LogP contribution in [0.1, 0.15) is 23.1 Å². The predicted octanol–water partition coefficient (Wildman–Crippen LogP) is 2.19. The lowest BCUT2D eigenvalue weighted by Crippen LogP contribution is -2.59. The molecule has 50 heavy (non-hydrogen) atoms. The van der Waals surface area contributed by atoms with Gasteiger partial charge in [-0.2, -0.15) is 0 Å². The van der Waals surface area contributed by atoms with E-state index in [0.29, 0.717) is 42.9 Å². The number of anilines is 1. The van der Waals surface area contributed by atoms with E-state index < -0.39 is 45.3 Å². The topological polar surface area (TPSA) is 138 Å². The Balaban J connectivity index is 1.65. The minimum Gasteiger partial charge on any atom is -0.497 e. The predicted molar refractivity (Wildman–Crippen MR) is 180 cm³/mol. The van der Waals surface area contributed by atoms with Crippen molar-refractivity contribution in [2.24, 2.45) is 0 Å². The number of amides is 2. The molecule has 3 aromatic carbocycles. The summed E-state index contributed by atoms with van der Waals surface area (Å²) in [5.41, 5.74) is -1.32. The van der Waals surface area contributed by atoms with Crippen LogP contribution in [0.4, 0.5) is 10.1 Å². The quantitative estimate of drug-likeness (QED) is 0.331. The first-order chi connectivity index (χ1) is 23.9. The van der Waals surface area contributed by atoms with E-state index in [-0.39, 0.29) is 46.2 Å². The van der Waals surface area contributed by atoms with Crippen LogP contribution in [-0.4, -0.2) is 120 Å². The first-order valence-electron chi connectivity index (χ1n) is 16.1. The molecule has 0 saturated carbocycles. The van der Waals surface area contributed by atoms with Crippen LogP contribution in [-0.2, 0) is 36.4 Å². The minimum atomic E-state index is -4.78. The van der Waals surface area contributed by atoms with E-state index in [0.717, 1.165) is 17.7 Å². The molecule has 0 spiro atoms. The third kappa shape index (κ3) is 5.86. The molecule has 3 atom stereocenters. The zero-order valence-electron chi connectivity index (χ0n) is 28.6. The van der Waals surface area contributed by atoms with Crippen LogP contribution in [0.5, 0.6) is 17.2 Å². The normalized spacial score (nSPS) is 22.8. The van der Waals surface area contributed by atoms with Crippen molar-refractivity contribution in [3.8, 4) is 17.2 Å². The molecule has 2 fully saturated rings. The molecule has 0 aromatic heterocycles. The summed E-state index contributed by atoms with van der Waals surface area (Å²) >= 11 is 0. The number of sulfonamides is 1. The molecule has 3 heterocycles. The zero-order valence-corrected chi connectivity index (χ0v) is 29.4. The number of nitrogens with zero attached hydrogens (tertiary/aromatic N) is 4. The van der Waals surface area contributed by atoms with Crippen LogP contribution >= 0.6 is 0 Å². The van der Waals surface area contributed by atoms with Gasteiger partial charge in [0.25, 0.3) is 15.9 Å². The van der Waals surface area contributed by atoms with Gasteiger partial charge in [0.2, 0.25) is 5.91 Å². The Labute approximate surface area is 290 Å². The van der Waals surface area contributed by atoms with Crippen LogP contribution in [0.2, 0.25) is 0 Å². The smallest absolute Gasteiger partial charge is 0.274 e. The number of morpholine rings is 1. The fourth-order valence-electron chi connectivity index (χ4n) is 7.23. The fraction of sp³-hybridized carbons (Fsp3) is 0.429. The van der Waals surface area contributed by atoms with Crippen LogP contribution in [0.15, 0.2) is 59.5 Å². The van der Waals surface area contributed by atoms with Crippen molar-refractivity contribution in [2.75, 3.05) is 72.6 Å². The number of benzene rings is 3. The molecule has 1 N–H and O–H groups in total. The lowest BCUT2D eigenvalue weighted by Gasteiger charge is -2.42. The molecule has 0 radical (unpaired) electrons. The summed E-state index contributed by atoms with van der Waals surface area (Å²) in [5.74, 6) is -1.71. The van der Waals surface area contributed by atoms with E-state index in [1.807, 2.05) is 6.07 Å². The van der Waals surface area contributed by atoms with Crippen molar-refractivity contribution in [1.29, 1.82) is 0 Å². The van der Waals surface area contributed by atoms with Gasteiger partial charge in [-0.25, -0.2) is 17.1 Å². The maximum atomic E-state index is 15.6. The molecule has 3 aliphatic heterocycles. The van der Waals surface area contributed by atoms with E-state index in [9.17, 15) is 18.3 Å². The standard InChI is InChI=1S/C35H41FN4O9S/c1-37(2)33(42)29-18-24(41)21-39(29)35(27-16-22(6-10-30(27)47-4)20-38-12-14-49-15-13-38)26-17-23(36)7-9-28(26)40(34(35)43)50(44,45)32-11-8-25(46-3)19-31(32)48-5/h6-11,16-17,19,24,29,41H,12-15,18,20-21H2,1-5H3/t24-,29+,35?/m1/s1. The van der Waals surface area contributed by atoms with Crippen molar-refractivity contribution < 1.29 is 46.5 Å². The second kappa shape index (κ2) is 13.8. The van der Waals surface area contributed by atoms with Gasteiger partial charge < -0.3 is 29.0 Å².